The Kier molecular flexibility index (Phi) is 5.96. The molecule has 1 aliphatic heterocycles. The number of carbonyl (C=O) groups excluding carboxylic acids is 1. The minimum absolute atomic E-state index is 0.0498. The molecule has 0 bridgehead atoms. The average molecular weight is 315 g/mol. The van der Waals surface area contributed by atoms with Gasteiger partial charge in [-0.25, -0.2) is 4.39 Å². The van der Waals surface area contributed by atoms with Gasteiger partial charge in [-0.15, -0.1) is 0 Å². The van der Waals surface area contributed by atoms with Crippen LogP contribution in [0.4, 0.5) is 4.39 Å². The van der Waals surface area contributed by atoms with E-state index in [4.69, 9.17) is 16.3 Å². The SMILES string of the molecule is CN(CC(=O)NCC1CCCO1)Cc1ccc(F)cc1Cl. The summed E-state index contributed by atoms with van der Waals surface area (Å²) in [4.78, 5) is 13.7. The number of nitrogens with zero attached hydrogens (tertiary/aromatic N) is 1. The summed E-state index contributed by atoms with van der Waals surface area (Å²) in [6.07, 6.45) is 2.20. The molecule has 1 unspecified atom stereocenters. The Morgan fingerprint density at radius 1 is 1.57 bits per heavy atom. The molecule has 0 saturated carbocycles. The molecule has 1 saturated heterocycles. The summed E-state index contributed by atoms with van der Waals surface area (Å²) in [6.45, 7) is 2.10. The number of hydrogen-bond donors (Lipinski definition) is 1. The molecule has 4 nitrogen and oxygen atoms in total. The molecular weight excluding hydrogens is 295 g/mol. The van der Waals surface area contributed by atoms with Gasteiger partial charge in [0.25, 0.3) is 0 Å². The molecule has 0 aromatic heterocycles. The predicted molar refractivity (Wildman–Crippen MR) is 79.7 cm³/mol. The Morgan fingerprint density at radius 3 is 3.05 bits per heavy atom. The van der Waals surface area contributed by atoms with Crippen LogP contribution in [0.1, 0.15) is 18.4 Å². The number of hydrogen-bond acceptors (Lipinski definition) is 3. The van der Waals surface area contributed by atoms with E-state index in [1.165, 1.54) is 12.1 Å². The molecule has 0 aliphatic carbocycles. The van der Waals surface area contributed by atoms with Gasteiger partial charge in [-0.2, -0.15) is 0 Å². The van der Waals surface area contributed by atoms with Gasteiger partial charge in [0.15, 0.2) is 0 Å². The second-order valence-corrected chi connectivity index (χ2v) is 5.75. The Morgan fingerprint density at radius 2 is 2.38 bits per heavy atom. The van der Waals surface area contributed by atoms with Crippen LogP contribution in [0.3, 0.4) is 0 Å². The zero-order valence-corrected chi connectivity index (χ0v) is 12.8. The molecule has 6 heteroatoms. The van der Waals surface area contributed by atoms with Crippen LogP contribution in [0.5, 0.6) is 0 Å². The van der Waals surface area contributed by atoms with Crippen LogP contribution >= 0.6 is 11.6 Å². The topological polar surface area (TPSA) is 41.6 Å². The van der Waals surface area contributed by atoms with Gasteiger partial charge in [0.1, 0.15) is 5.82 Å². The third-order valence-electron chi connectivity index (χ3n) is 3.42. The standard InChI is InChI=1S/C15H20ClFN2O2/c1-19(9-11-4-5-12(17)7-14(11)16)10-15(20)18-8-13-3-2-6-21-13/h4-5,7,13H,2-3,6,8-10H2,1H3,(H,18,20). The van der Waals surface area contributed by atoms with E-state index in [0.717, 1.165) is 25.0 Å². The first-order valence-corrected chi connectivity index (χ1v) is 7.43. The number of carbonyl (C=O) groups is 1. The van der Waals surface area contributed by atoms with Crippen molar-refractivity contribution in [2.75, 3.05) is 26.7 Å². The molecule has 1 amide bonds. The first-order valence-electron chi connectivity index (χ1n) is 7.05. The maximum Gasteiger partial charge on any atom is 0.234 e. The Balaban J connectivity index is 1.75. The smallest absolute Gasteiger partial charge is 0.234 e. The van der Waals surface area contributed by atoms with Crippen LogP contribution < -0.4 is 5.32 Å². The van der Waals surface area contributed by atoms with E-state index in [2.05, 4.69) is 5.32 Å². The van der Waals surface area contributed by atoms with E-state index in [1.54, 1.807) is 6.07 Å². The van der Waals surface area contributed by atoms with Crippen molar-refractivity contribution in [1.82, 2.24) is 10.2 Å². The highest BCUT2D eigenvalue weighted by atomic mass is 35.5. The molecule has 0 radical (unpaired) electrons. The lowest BCUT2D eigenvalue weighted by atomic mass is 10.2. The zero-order chi connectivity index (χ0) is 15.2. The number of halogens is 2. The highest BCUT2D eigenvalue weighted by Crippen LogP contribution is 2.18. The fourth-order valence-corrected chi connectivity index (χ4v) is 2.56. The lowest BCUT2D eigenvalue weighted by Gasteiger charge is -2.18. The molecule has 1 fully saturated rings. The molecular formula is C15H20ClFN2O2. The zero-order valence-electron chi connectivity index (χ0n) is 12.1. The normalized spacial score (nSPS) is 18.2. The van der Waals surface area contributed by atoms with Gasteiger partial charge in [-0.1, -0.05) is 17.7 Å². The van der Waals surface area contributed by atoms with Crippen molar-refractivity contribution < 1.29 is 13.9 Å². The van der Waals surface area contributed by atoms with Crippen molar-refractivity contribution >= 4 is 17.5 Å². The van der Waals surface area contributed by atoms with Gasteiger partial charge in [-0.05, 0) is 37.6 Å². The molecule has 116 valence electrons. The fourth-order valence-electron chi connectivity index (χ4n) is 2.33. The molecule has 21 heavy (non-hydrogen) atoms. The van der Waals surface area contributed by atoms with E-state index < -0.39 is 0 Å². The largest absolute Gasteiger partial charge is 0.376 e. The number of nitrogens with one attached hydrogen (secondary N) is 1. The Labute approximate surface area is 129 Å². The summed E-state index contributed by atoms with van der Waals surface area (Å²) in [5.74, 6) is -0.410. The third-order valence-corrected chi connectivity index (χ3v) is 3.77. The van der Waals surface area contributed by atoms with Gasteiger partial charge in [0.2, 0.25) is 5.91 Å². The number of likely N-dealkylation sites (N-methyl/N-ethyl adjacent to an activating group) is 1. The van der Waals surface area contributed by atoms with Crippen LogP contribution in [-0.2, 0) is 16.1 Å². The maximum absolute atomic E-state index is 13.0. The molecule has 1 aromatic carbocycles. The van der Waals surface area contributed by atoms with Gasteiger partial charge < -0.3 is 10.1 Å². The van der Waals surface area contributed by atoms with E-state index in [-0.39, 0.29) is 24.4 Å². The molecule has 1 aromatic rings. The van der Waals surface area contributed by atoms with Gasteiger partial charge in [0.05, 0.1) is 12.6 Å². The lowest BCUT2D eigenvalue weighted by molar-refractivity contribution is -0.122. The predicted octanol–water partition coefficient (Wildman–Crippen LogP) is 2.21. The third kappa shape index (κ3) is 5.26. The van der Waals surface area contributed by atoms with Crippen LogP contribution in [0, 0.1) is 5.82 Å². The number of ether oxygens (including phenoxy) is 1. The summed E-state index contributed by atoms with van der Waals surface area (Å²) < 4.78 is 18.4. The minimum Gasteiger partial charge on any atom is -0.376 e. The summed E-state index contributed by atoms with van der Waals surface area (Å²) >= 11 is 5.97. The molecule has 1 atom stereocenters. The van der Waals surface area contributed by atoms with Crippen LogP contribution in [0.25, 0.3) is 0 Å². The summed E-state index contributed by atoms with van der Waals surface area (Å²) in [5, 5.41) is 3.24. The van der Waals surface area contributed by atoms with E-state index in [9.17, 15) is 9.18 Å². The van der Waals surface area contributed by atoms with Crippen LogP contribution in [0.15, 0.2) is 18.2 Å². The average Bonchev–Trinajstić information content (AvgIpc) is 2.93. The second kappa shape index (κ2) is 7.73. The molecule has 1 heterocycles. The number of rotatable bonds is 6. The quantitative estimate of drug-likeness (QED) is 0.875. The van der Waals surface area contributed by atoms with Crippen molar-refractivity contribution in [2.45, 2.75) is 25.5 Å². The minimum atomic E-state index is -0.360. The van der Waals surface area contributed by atoms with Crippen molar-refractivity contribution in [3.8, 4) is 0 Å². The first-order chi connectivity index (χ1) is 10.0. The lowest BCUT2D eigenvalue weighted by Crippen LogP contribution is -2.38. The van der Waals surface area contributed by atoms with E-state index in [0.29, 0.717) is 18.1 Å². The van der Waals surface area contributed by atoms with Gasteiger partial charge >= 0.3 is 0 Å². The van der Waals surface area contributed by atoms with Crippen molar-refractivity contribution in [3.63, 3.8) is 0 Å². The van der Waals surface area contributed by atoms with Gasteiger partial charge in [0, 0.05) is 24.7 Å². The number of amides is 1. The summed E-state index contributed by atoms with van der Waals surface area (Å²) in [7, 11) is 1.82. The van der Waals surface area contributed by atoms with Crippen molar-refractivity contribution in [3.05, 3.63) is 34.6 Å². The molecule has 1 aliphatic rings. The Hall–Kier alpha value is -1.17. The van der Waals surface area contributed by atoms with Crippen molar-refractivity contribution in [1.29, 1.82) is 0 Å². The van der Waals surface area contributed by atoms with Crippen LogP contribution in [0.2, 0.25) is 5.02 Å². The fraction of sp³-hybridized carbons (Fsp3) is 0.533. The second-order valence-electron chi connectivity index (χ2n) is 5.35. The highest BCUT2D eigenvalue weighted by Gasteiger charge is 2.16. The van der Waals surface area contributed by atoms with Crippen LogP contribution in [-0.4, -0.2) is 43.7 Å². The Bertz CT molecular complexity index is 493. The van der Waals surface area contributed by atoms with Crippen molar-refractivity contribution in [2.24, 2.45) is 0 Å². The molecule has 0 spiro atoms. The highest BCUT2D eigenvalue weighted by molar-refractivity contribution is 6.31. The summed E-state index contributed by atoms with van der Waals surface area (Å²) in [6, 6.07) is 4.28. The molecule has 2 rings (SSSR count). The van der Waals surface area contributed by atoms with Gasteiger partial charge in [-0.3, -0.25) is 9.69 Å². The first kappa shape index (κ1) is 16.2. The number of benzene rings is 1. The summed E-state index contributed by atoms with van der Waals surface area (Å²) in [5.41, 5.74) is 0.799. The monoisotopic (exact) mass is 314 g/mol. The maximum atomic E-state index is 13.0. The molecule has 1 N–H and O–H groups in total. The van der Waals surface area contributed by atoms with E-state index in [1.807, 2.05) is 11.9 Å². The van der Waals surface area contributed by atoms with E-state index >= 15 is 0 Å².